The average molecular weight is 367 g/mol. The molecule has 1 heterocycles. The SMILES string of the molecule is CC(=O)OC[C@H]1O[C@@H](OC(C)=O)[C@@H](OC(C)=O)[C@@H](Cl)[C@@H]1OC(C)=O. The zero-order valence-corrected chi connectivity index (χ0v) is 14.4. The highest BCUT2D eigenvalue weighted by molar-refractivity contribution is 6.21. The van der Waals surface area contributed by atoms with Crippen molar-refractivity contribution < 1.29 is 42.9 Å². The second-order valence-electron chi connectivity index (χ2n) is 5.05. The fraction of sp³-hybridized carbons (Fsp3) is 0.714. The van der Waals surface area contributed by atoms with Crippen molar-refractivity contribution in [3.05, 3.63) is 0 Å². The summed E-state index contributed by atoms with van der Waals surface area (Å²) in [5.74, 6) is -2.63. The lowest BCUT2D eigenvalue weighted by Gasteiger charge is -2.42. The molecular formula is C14H19ClO9. The molecule has 1 aliphatic heterocycles. The number of carbonyl (C=O) groups is 4. The summed E-state index contributed by atoms with van der Waals surface area (Å²) in [5.41, 5.74) is 0. The third-order valence-electron chi connectivity index (χ3n) is 2.91. The van der Waals surface area contributed by atoms with E-state index in [1.54, 1.807) is 0 Å². The molecule has 0 aliphatic carbocycles. The van der Waals surface area contributed by atoms with Gasteiger partial charge in [-0.15, -0.1) is 11.6 Å². The Balaban J connectivity index is 3.04. The molecule has 24 heavy (non-hydrogen) atoms. The van der Waals surface area contributed by atoms with Crippen LogP contribution in [-0.2, 0) is 42.9 Å². The molecule has 1 aliphatic rings. The van der Waals surface area contributed by atoms with E-state index in [4.69, 9.17) is 35.3 Å². The number of esters is 4. The Morgan fingerprint density at radius 2 is 1.33 bits per heavy atom. The maximum absolute atomic E-state index is 11.3. The van der Waals surface area contributed by atoms with E-state index in [2.05, 4.69) is 0 Å². The normalized spacial score (nSPS) is 29.3. The molecule has 0 aromatic rings. The Morgan fingerprint density at radius 1 is 0.833 bits per heavy atom. The molecule has 0 aromatic carbocycles. The van der Waals surface area contributed by atoms with Crippen LogP contribution in [0.3, 0.4) is 0 Å². The van der Waals surface area contributed by atoms with Crippen LogP contribution in [0.1, 0.15) is 27.7 Å². The maximum Gasteiger partial charge on any atom is 0.305 e. The summed E-state index contributed by atoms with van der Waals surface area (Å²) in [6.07, 6.45) is -4.62. The van der Waals surface area contributed by atoms with Gasteiger partial charge in [0.25, 0.3) is 0 Å². The highest BCUT2D eigenvalue weighted by Crippen LogP contribution is 2.31. The van der Waals surface area contributed by atoms with E-state index in [1.807, 2.05) is 0 Å². The number of hydrogen-bond acceptors (Lipinski definition) is 9. The van der Waals surface area contributed by atoms with Gasteiger partial charge in [-0.05, 0) is 0 Å². The highest BCUT2D eigenvalue weighted by atomic mass is 35.5. The van der Waals surface area contributed by atoms with E-state index in [0.717, 1.165) is 20.8 Å². The van der Waals surface area contributed by atoms with Crippen LogP contribution in [0.4, 0.5) is 0 Å². The van der Waals surface area contributed by atoms with Crippen LogP contribution in [0, 0.1) is 0 Å². The highest BCUT2D eigenvalue weighted by Gasteiger charge is 2.50. The molecule has 0 bridgehead atoms. The van der Waals surface area contributed by atoms with Crippen LogP contribution >= 0.6 is 11.6 Å². The van der Waals surface area contributed by atoms with Crippen LogP contribution in [0.2, 0.25) is 0 Å². The lowest BCUT2D eigenvalue weighted by atomic mass is 10.0. The molecule has 0 amide bonds. The van der Waals surface area contributed by atoms with Crippen LogP contribution in [0.5, 0.6) is 0 Å². The first-order chi connectivity index (χ1) is 11.1. The number of halogens is 1. The van der Waals surface area contributed by atoms with Crippen molar-refractivity contribution in [2.24, 2.45) is 0 Å². The largest absolute Gasteiger partial charge is 0.463 e. The van der Waals surface area contributed by atoms with Gasteiger partial charge in [-0.1, -0.05) is 0 Å². The molecule has 10 heteroatoms. The van der Waals surface area contributed by atoms with Crippen LogP contribution < -0.4 is 0 Å². The molecule has 9 nitrogen and oxygen atoms in total. The summed E-state index contributed by atoms with van der Waals surface area (Å²) >= 11 is 6.26. The lowest BCUT2D eigenvalue weighted by molar-refractivity contribution is -0.268. The second kappa shape index (κ2) is 8.84. The van der Waals surface area contributed by atoms with Crippen LogP contribution in [0.25, 0.3) is 0 Å². The summed E-state index contributed by atoms with van der Waals surface area (Å²) in [4.78, 5) is 44.8. The maximum atomic E-state index is 11.3. The molecule has 5 atom stereocenters. The van der Waals surface area contributed by atoms with Gasteiger partial charge in [0.15, 0.2) is 12.2 Å². The number of carbonyl (C=O) groups excluding carboxylic acids is 4. The fourth-order valence-electron chi connectivity index (χ4n) is 2.11. The van der Waals surface area contributed by atoms with Gasteiger partial charge in [0.05, 0.1) is 0 Å². The predicted molar refractivity (Wildman–Crippen MR) is 77.8 cm³/mol. The topological polar surface area (TPSA) is 114 Å². The molecule has 1 fully saturated rings. The van der Waals surface area contributed by atoms with E-state index in [0.29, 0.717) is 0 Å². The first-order valence-corrected chi connectivity index (χ1v) is 7.50. The van der Waals surface area contributed by atoms with Gasteiger partial charge in [-0.2, -0.15) is 0 Å². The first-order valence-electron chi connectivity index (χ1n) is 7.06. The van der Waals surface area contributed by atoms with E-state index in [9.17, 15) is 19.2 Å². The summed E-state index contributed by atoms with van der Waals surface area (Å²) in [6.45, 7) is 4.33. The van der Waals surface area contributed by atoms with Crippen molar-refractivity contribution in [3.8, 4) is 0 Å². The standard InChI is InChI=1S/C14H19ClO9/c1-6(16)20-5-10-12(21-7(2)17)11(15)13(22-8(3)18)14(24-10)23-9(4)19/h10-14H,5H2,1-4H3/t10-,11+,12-,13+,14-/m1/s1. The minimum atomic E-state index is -1.33. The molecule has 1 saturated heterocycles. The first kappa shape index (κ1) is 20.2. The molecule has 136 valence electrons. The van der Waals surface area contributed by atoms with Gasteiger partial charge in [0.1, 0.15) is 18.1 Å². The van der Waals surface area contributed by atoms with Crippen molar-refractivity contribution >= 4 is 35.5 Å². The van der Waals surface area contributed by atoms with Gasteiger partial charge in [-0.3, -0.25) is 19.2 Å². The predicted octanol–water partition coefficient (Wildman–Crippen LogP) is 0.308. The second-order valence-corrected chi connectivity index (χ2v) is 5.55. The Labute approximate surface area is 143 Å². The van der Waals surface area contributed by atoms with Crippen molar-refractivity contribution in [3.63, 3.8) is 0 Å². The van der Waals surface area contributed by atoms with Crippen LogP contribution in [0.15, 0.2) is 0 Å². The fourth-order valence-corrected chi connectivity index (χ4v) is 2.49. The summed E-state index contributed by atoms with van der Waals surface area (Å²) < 4.78 is 25.4. The van der Waals surface area contributed by atoms with E-state index in [-0.39, 0.29) is 6.61 Å². The summed E-state index contributed by atoms with van der Waals surface area (Å²) in [6, 6.07) is 0. The minimum Gasteiger partial charge on any atom is -0.463 e. The number of alkyl halides is 1. The van der Waals surface area contributed by atoms with Crippen LogP contribution in [-0.4, -0.2) is 60.5 Å². The minimum absolute atomic E-state index is 0.291. The van der Waals surface area contributed by atoms with E-state index >= 15 is 0 Å². The third kappa shape index (κ3) is 5.97. The third-order valence-corrected chi connectivity index (χ3v) is 3.41. The van der Waals surface area contributed by atoms with Crippen molar-refractivity contribution in [2.75, 3.05) is 6.61 Å². The van der Waals surface area contributed by atoms with E-state index in [1.165, 1.54) is 6.92 Å². The average Bonchev–Trinajstić information content (AvgIpc) is 2.42. The number of hydrogen-bond donors (Lipinski definition) is 0. The lowest BCUT2D eigenvalue weighted by Crippen LogP contribution is -2.60. The number of rotatable bonds is 5. The molecule has 0 radical (unpaired) electrons. The molecular weight excluding hydrogens is 348 g/mol. The summed E-state index contributed by atoms with van der Waals surface area (Å²) in [7, 11) is 0. The van der Waals surface area contributed by atoms with Gasteiger partial charge < -0.3 is 23.7 Å². The molecule has 0 aromatic heterocycles. The summed E-state index contributed by atoms with van der Waals surface area (Å²) in [5, 5.41) is -1.09. The quantitative estimate of drug-likeness (QED) is 0.385. The zero-order valence-electron chi connectivity index (χ0n) is 13.6. The molecule has 0 N–H and O–H groups in total. The molecule has 0 spiro atoms. The van der Waals surface area contributed by atoms with E-state index < -0.39 is 53.9 Å². The molecule has 0 saturated carbocycles. The van der Waals surface area contributed by atoms with Crippen molar-refractivity contribution in [2.45, 2.75) is 57.7 Å². The monoisotopic (exact) mass is 366 g/mol. The van der Waals surface area contributed by atoms with Gasteiger partial charge in [0, 0.05) is 27.7 Å². The Hall–Kier alpha value is -1.87. The van der Waals surface area contributed by atoms with Crippen molar-refractivity contribution in [1.82, 2.24) is 0 Å². The zero-order chi connectivity index (χ0) is 18.4. The number of ether oxygens (including phenoxy) is 5. The van der Waals surface area contributed by atoms with Gasteiger partial charge in [-0.25, -0.2) is 0 Å². The molecule has 0 unspecified atom stereocenters. The van der Waals surface area contributed by atoms with Gasteiger partial charge in [0.2, 0.25) is 6.29 Å². The smallest absolute Gasteiger partial charge is 0.305 e. The Morgan fingerprint density at radius 3 is 1.79 bits per heavy atom. The Kier molecular flexibility index (Phi) is 7.43. The van der Waals surface area contributed by atoms with Gasteiger partial charge >= 0.3 is 23.9 Å². The Bertz CT molecular complexity index is 504. The molecule has 1 rings (SSSR count). The van der Waals surface area contributed by atoms with Crippen molar-refractivity contribution in [1.29, 1.82) is 0 Å².